The number of benzene rings is 3. The maximum atomic E-state index is 13.5. The zero-order valence-electron chi connectivity index (χ0n) is 16.9. The number of aromatic nitrogens is 3. The molecule has 0 fully saturated rings. The summed E-state index contributed by atoms with van der Waals surface area (Å²) in [7, 11) is 0. The van der Waals surface area contributed by atoms with Crippen LogP contribution in [-0.4, -0.2) is 14.5 Å². The number of rotatable bonds is 4. The lowest BCUT2D eigenvalue weighted by molar-refractivity contribution is -0.137. The van der Waals surface area contributed by atoms with Gasteiger partial charge in [-0.2, -0.15) is 13.2 Å². The second-order valence-corrected chi connectivity index (χ2v) is 9.25. The van der Waals surface area contributed by atoms with E-state index in [0.29, 0.717) is 16.4 Å². The molecule has 3 aromatic carbocycles. The summed E-state index contributed by atoms with van der Waals surface area (Å²) in [5, 5.41) is 1.10. The Morgan fingerprint density at radius 1 is 1.00 bits per heavy atom. The topological polar surface area (TPSA) is 50.7 Å². The first-order valence-electron chi connectivity index (χ1n) is 9.89. The average Bonchev–Trinajstić information content (AvgIpc) is 3.17. The number of nitrogens with zero attached hydrogens (tertiary/aromatic N) is 2. The van der Waals surface area contributed by atoms with E-state index in [0.717, 1.165) is 33.1 Å². The van der Waals surface area contributed by atoms with E-state index < -0.39 is 17.3 Å². The van der Waals surface area contributed by atoms with Crippen LogP contribution in [0.25, 0.3) is 27.6 Å². The van der Waals surface area contributed by atoms with Crippen molar-refractivity contribution in [3.05, 3.63) is 98.7 Å². The second-order valence-electron chi connectivity index (χ2n) is 7.39. The first-order valence-corrected chi connectivity index (χ1v) is 11.7. The SMILES string of the molecule is O=c1c2[nH]c3ccccc3c2nc(SCc2ccc(Br)cc2)n1-c1cccc(C(F)(F)F)c1. The van der Waals surface area contributed by atoms with E-state index in [1.807, 2.05) is 48.5 Å². The van der Waals surface area contributed by atoms with E-state index in [2.05, 4.69) is 20.9 Å². The van der Waals surface area contributed by atoms with Crippen LogP contribution in [0.15, 0.2) is 87.2 Å². The Morgan fingerprint density at radius 3 is 2.52 bits per heavy atom. The highest BCUT2D eigenvalue weighted by atomic mass is 79.9. The van der Waals surface area contributed by atoms with Gasteiger partial charge in [0.05, 0.1) is 11.3 Å². The van der Waals surface area contributed by atoms with Crippen molar-refractivity contribution < 1.29 is 13.2 Å². The largest absolute Gasteiger partial charge is 0.416 e. The van der Waals surface area contributed by atoms with E-state index in [4.69, 9.17) is 4.98 Å². The summed E-state index contributed by atoms with van der Waals surface area (Å²) in [4.78, 5) is 21.3. The van der Waals surface area contributed by atoms with Gasteiger partial charge in [0, 0.05) is 21.1 Å². The van der Waals surface area contributed by atoms with Crippen molar-refractivity contribution in [1.82, 2.24) is 14.5 Å². The Balaban J connectivity index is 1.71. The highest BCUT2D eigenvalue weighted by Crippen LogP contribution is 2.32. The third-order valence-corrected chi connectivity index (χ3v) is 6.75. The first kappa shape index (κ1) is 21.8. The number of para-hydroxylation sites is 1. The summed E-state index contributed by atoms with van der Waals surface area (Å²) in [5.74, 6) is 0.493. The van der Waals surface area contributed by atoms with Crippen LogP contribution >= 0.6 is 27.7 Å². The minimum atomic E-state index is -4.52. The fraction of sp³-hybridized carbons (Fsp3) is 0.0833. The summed E-state index contributed by atoms with van der Waals surface area (Å²) in [6, 6.07) is 19.8. The summed E-state index contributed by atoms with van der Waals surface area (Å²) in [5.41, 5.74) is 1.32. The van der Waals surface area contributed by atoms with Crippen molar-refractivity contribution in [3.8, 4) is 5.69 Å². The quantitative estimate of drug-likeness (QED) is 0.202. The van der Waals surface area contributed by atoms with Crippen LogP contribution in [0.1, 0.15) is 11.1 Å². The maximum Gasteiger partial charge on any atom is 0.416 e. The number of hydrogen-bond acceptors (Lipinski definition) is 3. The average molecular weight is 530 g/mol. The number of halogens is 4. The van der Waals surface area contributed by atoms with Crippen LogP contribution in [0.4, 0.5) is 13.2 Å². The molecule has 0 aliphatic heterocycles. The lowest BCUT2D eigenvalue weighted by Crippen LogP contribution is -2.22. The predicted octanol–water partition coefficient (Wildman–Crippen LogP) is 6.94. The van der Waals surface area contributed by atoms with E-state index in [1.54, 1.807) is 0 Å². The third kappa shape index (κ3) is 4.18. The zero-order chi connectivity index (χ0) is 23.2. The monoisotopic (exact) mass is 529 g/mol. The van der Waals surface area contributed by atoms with Crippen LogP contribution < -0.4 is 5.56 Å². The summed E-state index contributed by atoms with van der Waals surface area (Å²) in [6.07, 6.45) is -4.52. The lowest BCUT2D eigenvalue weighted by Gasteiger charge is -2.14. The zero-order valence-corrected chi connectivity index (χ0v) is 19.3. The van der Waals surface area contributed by atoms with Crippen LogP contribution in [0.5, 0.6) is 0 Å². The van der Waals surface area contributed by atoms with Gasteiger partial charge in [0.1, 0.15) is 11.0 Å². The molecule has 5 rings (SSSR count). The van der Waals surface area contributed by atoms with Crippen LogP contribution in [0.2, 0.25) is 0 Å². The summed E-state index contributed by atoms with van der Waals surface area (Å²) >= 11 is 4.70. The third-order valence-electron chi connectivity index (χ3n) is 5.21. The van der Waals surface area contributed by atoms with Gasteiger partial charge in [0.25, 0.3) is 5.56 Å². The van der Waals surface area contributed by atoms with Gasteiger partial charge < -0.3 is 4.98 Å². The fourth-order valence-corrected chi connectivity index (χ4v) is 4.84. The van der Waals surface area contributed by atoms with E-state index >= 15 is 0 Å². The van der Waals surface area contributed by atoms with Gasteiger partial charge in [0.2, 0.25) is 0 Å². The highest BCUT2D eigenvalue weighted by molar-refractivity contribution is 9.10. The molecule has 0 amide bonds. The standard InChI is InChI=1S/C24H15BrF3N3OS/c25-16-10-8-14(9-11-16)13-33-23-30-20-18-6-1-2-7-19(18)29-21(20)22(32)31(23)17-5-3-4-15(12-17)24(26,27)28/h1-12,29H,13H2. The molecule has 0 bridgehead atoms. The lowest BCUT2D eigenvalue weighted by atomic mass is 10.2. The molecule has 1 N–H and O–H groups in total. The number of hydrogen-bond donors (Lipinski definition) is 1. The molecule has 166 valence electrons. The minimum Gasteiger partial charge on any atom is -0.349 e. The Labute approximate surface area is 198 Å². The van der Waals surface area contributed by atoms with Gasteiger partial charge in [0.15, 0.2) is 5.16 Å². The van der Waals surface area contributed by atoms with Crippen molar-refractivity contribution >= 4 is 49.6 Å². The van der Waals surface area contributed by atoms with Crippen molar-refractivity contribution in [2.45, 2.75) is 17.1 Å². The Kier molecular flexibility index (Phi) is 5.54. The Morgan fingerprint density at radius 2 is 1.76 bits per heavy atom. The van der Waals surface area contributed by atoms with Crippen molar-refractivity contribution in [3.63, 3.8) is 0 Å². The van der Waals surface area contributed by atoms with E-state index in [1.165, 1.54) is 28.5 Å². The van der Waals surface area contributed by atoms with Crippen LogP contribution in [0.3, 0.4) is 0 Å². The Hall–Kier alpha value is -3.04. The molecule has 4 nitrogen and oxygen atoms in total. The highest BCUT2D eigenvalue weighted by Gasteiger charge is 2.31. The number of nitrogens with one attached hydrogen (secondary N) is 1. The smallest absolute Gasteiger partial charge is 0.349 e. The minimum absolute atomic E-state index is 0.112. The number of fused-ring (bicyclic) bond motifs is 3. The van der Waals surface area contributed by atoms with Gasteiger partial charge in [-0.15, -0.1) is 0 Å². The predicted molar refractivity (Wildman–Crippen MR) is 128 cm³/mol. The molecule has 0 radical (unpaired) electrons. The molecule has 33 heavy (non-hydrogen) atoms. The molecule has 5 aromatic rings. The second kappa shape index (κ2) is 8.39. The van der Waals surface area contributed by atoms with E-state index in [-0.39, 0.29) is 11.2 Å². The maximum absolute atomic E-state index is 13.5. The number of alkyl halides is 3. The van der Waals surface area contributed by atoms with E-state index in [9.17, 15) is 18.0 Å². The first-order chi connectivity index (χ1) is 15.8. The molecule has 0 saturated heterocycles. The molecular weight excluding hydrogens is 515 g/mol. The molecule has 0 unspecified atom stereocenters. The van der Waals surface area contributed by atoms with Gasteiger partial charge in [-0.1, -0.05) is 64.1 Å². The molecule has 0 aliphatic carbocycles. The fourth-order valence-electron chi connectivity index (χ4n) is 3.62. The molecule has 2 heterocycles. The van der Waals surface area contributed by atoms with Crippen molar-refractivity contribution in [2.24, 2.45) is 0 Å². The molecule has 9 heteroatoms. The van der Waals surface area contributed by atoms with Crippen molar-refractivity contribution in [1.29, 1.82) is 0 Å². The molecule has 0 saturated carbocycles. The molecular formula is C24H15BrF3N3OS. The number of aromatic amines is 1. The van der Waals surface area contributed by atoms with Gasteiger partial charge >= 0.3 is 6.18 Å². The number of H-pyrrole nitrogens is 1. The van der Waals surface area contributed by atoms with Gasteiger partial charge in [-0.05, 0) is 42.0 Å². The van der Waals surface area contributed by atoms with Crippen LogP contribution in [0, 0.1) is 0 Å². The number of thioether (sulfide) groups is 1. The van der Waals surface area contributed by atoms with Gasteiger partial charge in [-0.3, -0.25) is 9.36 Å². The van der Waals surface area contributed by atoms with Gasteiger partial charge in [-0.25, -0.2) is 4.98 Å². The molecule has 0 spiro atoms. The molecule has 2 aromatic heterocycles. The summed E-state index contributed by atoms with van der Waals surface area (Å²) < 4.78 is 42.3. The molecule has 0 aliphatic rings. The Bertz CT molecular complexity index is 1540. The van der Waals surface area contributed by atoms with Crippen LogP contribution in [-0.2, 0) is 11.9 Å². The van der Waals surface area contributed by atoms with Crippen molar-refractivity contribution in [2.75, 3.05) is 0 Å². The molecule has 0 atom stereocenters. The summed E-state index contributed by atoms with van der Waals surface area (Å²) in [6.45, 7) is 0. The normalized spacial score (nSPS) is 12.0.